The minimum absolute atomic E-state index is 0.0298. The second-order valence-electron chi connectivity index (χ2n) is 6.17. The van der Waals surface area contributed by atoms with E-state index in [2.05, 4.69) is 10.3 Å². The second kappa shape index (κ2) is 6.73. The summed E-state index contributed by atoms with van der Waals surface area (Å²) in [5.41, 5.74) is -0.326. The minimum atomic E-state index is -1.20. The van der Waals surface area contributed by atoms with Gasteiger partial charge in [-0.15, -0.1) is 0 Å². The number of amides is 1. The number of aromatic nitrogens is 1. The number of nitrogens with zero attached hydrogens (tertiary/aromatic N) is 1. The van der Waals surface area contributed by atoms with Crippen molar-refractivity contribution in [1.29, 1.82) is 0 Å². The summed E-state index contributed by atoms with van der Waals surface area (Å²) in [7, 11) is 0. The van der Waals surface area contributed by atoms with Crippen molar-refractivity contribution >= 4 is 23.4 Å². The molecule has 0 saturated carbocycles. The molecule has 1 aromatic heterocycles. The van der Waals surface area contributed by atoms with Crippen LogP contribution >= 0.6 is 11.6 Å². The predicted molar refractivity (Wildman–Crippen MR) is 89.2 cm³/mol. The van der Waals surface area contributed by atoms with Gasteiger partial charge in [0.05, 0.1) is 10.7 Å². The summed E-state index contributed by atoms with van der Waals surface area (Å²) in [4.78, 5) is 15.7. The average molecular weight is 355 g/mol. The molecule has 128 valence electrons. The summed E-state index contributed by atoms with van der Waals surface area (Å²) < 4.78 is 33.8. The van der Waals surface area contributed by atoms with Gasteiger partial charge in [-0.25, -0.2) is 13.6 Å². The number of aryl methyl sites for hydroxylation is 1. The third kappa shape index (κ3) is 4.00. The van der Waals surface area contributed by atoms with E-state index in [1.807, 2.05) is 0 Å². The highest BCUT2D eigenvalue weighted by molar-refractivity contribution is 6.33. The third-order valence-electron chi connectivity index (χ3n) is 3.08. The molecule has 0 fully saturated rings. The lowest BCUT2D eigenvalue weighted by atomic mass is 10.0. The van der Waals surface area contributed by atoms with Crippen molar-refractivity contribution < 1.29 is 18.3 Å². The van der Waals surface area contributed by atoms with Crippen molar-refractivity contribution in [3.05, 3.63) is 46.7 Å². The van der Waals surface area contributed by atoms with Gasteiger partial charge in [0.25, 0.3) is 0 Å². The molecule has 24 heavy (non-hydrogen) atoms. The quantitative estimate of drug-likeness (QED) is 0.792. The number of benzene rings is 1. The van der Waals surface area contributed by atoms with Gasteiger partial charge >= 0.3 is 6.09 Å². The van der Waals surface area contributed by atoms with Gasteiger partial charge in [0.15, 0.2) is 11.6 Å². The fraction of sp³-hybridized carbons (Fsp3) is 0.294. The average Bonchev–Trinajstić information content (AvgIpc) is 2.44. The maximum absolute atomic E-state index is 14.4. The first-order valence-electron chi connectivity index (χ1n) is 7.19. The molecule has 2 aromatic rings. The Balaban J connectivity index is 2.38. The highest BCUT2D eigenvalue weighted by atomic mass is 35.5. The summed E-state index contributed by atoms with van der Waals surface area (Å²) in [6.07, 6.45) is 0.609. The number of hydrogen-bond donors (Lipinski definition) is 1. The van der Waals surface area contributed by atoms with Crippen molar-refractivity contribution in [2.45, 2.75) is 33.3 Å². The predicted octanol–water partition coefficient (Wildman–Crippen LogP) is 5.34. The Morgan fingerprint density at radius 1 is 1.21 bits per heavy atom. The molecule has 0 aliphatic rings. The number of carbonyl (C=O) groups is 1. The number of carbonyl (C=O) groups excluding carboxylic acids is 1. The highest BCUT2D eigenvalue weighted by Crippen LogP contribution is 2.34. The first-order chi connectivity index (χ1) is 11.1. The number of hydrogen-bond acceptors (Lipinski definition) is 3. The van der Waals surface area contributed by atoms with Crippen LogP contribution in [0.3, 0.4) is 0 Å². The molecule has 0 atom stereocenters. The largest absolute Gasteiger partial charge is 0.444 e. The lowest BCUT2D eigenvalue weighted by Crippen LogP contribution is -2.27. The molecule has 1 amide bonds. The molecule has 0 radical (unpaired) electrons. The molecule has 0 aliphatic carbocycles. The Hall–Kier alpha value is -2.21. The zero-order valence-electron chi connectivity index (χ0n) is 13.7. The topological polar surface area (TPSA) is 51.2 Å². The Morgan fingerprint density at radius 3 is 2.46 bits per heavy atom. The summed E-state index contributed by atoms with van der Waals surface area (Å²) in [6.45, 7) is 6.64. The molecule has 0 spiro atoms. The van der Waals surface area contributed by atoms with E-state index >= 15 is 0 Å². The molecule has 0 saturated heterocycles. The number of pyridine rings is 1. The number of nitrogens with one attached hydrogen (secondary N) is 1. The molecule has 0 unspecified atom stereocenters. The van der Waals surface area contributed by atoms with E-state index in [1.165, 1.54) is 24.4 Å². The van der Waals surface area contributed by atoms with E-state index in [0.29, 0.717) is 11.3 Å². The van der Waals surface area contributed by atoms with Gasteiger partial charge < -0.3 is 4.74 Å². The first kappa shape index (κ1) is 18.1. The summed E-state index contributed by atoms with van der Waals surface area (Å²) >= 11 is 6.07. The molecule has 7 heteroatoms. The van der Waals surface area contributed by atoms with Crippen LogP contribution in [0.5, 0.6) is 0 Å². The molecule has 4 nitrogen and oxygen atoms in total. The number of anilines is 1. The van der Waals surface area contributed by atoms with Crippen LogP contribution in [0.15, 0.2) is 24.4 Å². The monoisotopic (exact) mass is 354 g/mol. The van der Waals surface area contributed by atoms with Crippen molar-refractivity contribution in [3.8, 4) is 11.1 Å². The fourth-order valence-electron chi connectivity index (χ4n) is 2.11. The lowest BCUT2D eigenvalue weighted by molar-refractivity contribution is 0.0635. The van der Waals surface area contributed by atoms with Crippen LogP contribution < -0.4 is 5.32 Å². The lowest BCUT2D eigenvalue weighted by Gasteiger charge is -2.20. The Morgan fingerprint density at radius 2 is 1.88 bits per heavy atom. The van der Waals surface area contributed by atoms with Crippen LogP contribution in [0.2, 0.25) is 5.02 Å². The van der Waals surface area contributed by atoms with Crippen molar-refractivity contribution in [1.82, 2.24) is 4.98 Å². The molecule has 1 heterocycles. The van der Waals surface area contributed by atoms with E-state index in [-0.39, 0.29) is 16.3 Å². The number of halogens is 3. The van der Waals surface area contributed by atoms with Gasteiger partial charge in [-0.2, -0.15) is 0 Å². The van der Waals surface area contributed by atoms with Gasteiger partial charge in [-0.1, -0.05) is 11.6 Å². The van der Waals surface area contributed by atoms with Crippen LogP contribution in [0.25, 0.3) is 11.1 Å². The zero-order chi connectivity index (χ0) is 18.1. The van der Waals surface area contributed by atoms with Crippen LogP contribution in [0, 0.1) is 18.6 Å². The summed E-state index contributed by atoms with van der Waals surface area (Å²) in [5.74, 6) is -2.32. The maximum Gasteiger partial charge on any atom is 0.412 e. The molecule has 1 N–H and O–H groups in total. The Labute approximate surface area is 143 Å². The van der Waals surface area contributed by atoms with E-state index in [9.17, 15) is 13.6 Å². The summed E-state index contributed by atoms with van der Waals surface area (Å²) in [5, 5.41) is 2.45. The normalized spacial score (nSPS) is 11.3. The molecule has 2 rings (SSSR count). The smallest absolute Gasteiger partial charge is 0.412 e. The van der Waals surface area contributed by atoms with Crippen LogP contribution in [-0.4, -0.2) is 16.7 Å². The maximum atomic E-state index is 14.4. The highest BCUT2D eigenvalue weighted by Gasteiger charge is 2.21. The third-order valence-corrected chi connectivity index (χ3v) is 3.39. The SMILES string of the molecule is Cc1nccc(Cl)c1-c1ccc(NC(=O)OC(C)(C)C)c(F)c1F. The van der Waals surface area contributed by atoms with Gasteiger partial charge in [0.2, 0.25) is 0 Å². The number of rotatable bonds is 2. The molecule has 0 aliphatic heterocycles. The van der Waals surface area contributed by atoms with Crippen molar-refractivity contribution in [3.63, 3.8) is 0 Å². The van der Waals surface area contributed by atoms with Crippen LogP contribution in [-0.2, 0) is 4.74 Å². The first-order valence-corrected chi connectivity index (χ1v) is 7.57. The van der Waals surface area contributed by atoms with E-state index in [1.54, 1.807) is 27.7 Å². The minimum Gasteiger partial charge on any atom is -0.444 e. The Kier molecular flexibility index (Phi) is 5.08. The number of ether oxygens (including phenoxy) is 1. The summed E-state index contributed by atoms with van der Waals surface area (Å²) in [6, 6.07) is 4.08. The van der Waals surface area contributed by atoms with Gasteiger partial charge in [0.1, 0.15) is 5.60 Å². The van der Waals surface area contributed by atoms with E-state index in [4.69, 9.17) is 16.3 Å². The van der Waals surface area contributed by atoms with Crippen molar-refractivity contribution in [2.24, 2.45) is 0 Å². The molecule has 1 aromatic carbocycles. The van der Waals surface area contributed by atoms with Gasteiger partial charge in [-0.3, -0.25) is 10.3 Å². The van der Waals surface area contributed by atoms with Crippen molar-refractivity contribution in [2.75, 3.05) is 5.32 Å². The van der Waals surface area contributed by atoms with E-state index < -0.39 is 23.3 Å². The fourth-order valence-corrected chi connectivity index (χ4v) is 2.41. The Bertz CT molecular complexity index is 769. The van der Waals surface area contributed by atoms with E-state index in [0.717, 1.165) is 0 Å². The van der Waals surface area contributed by atoms with Gasteiger partial charge in [-0.05, 0) is 45.9 Å². The van der Waals surface area contributed by atoms with Crippen LogP contribution in [0.1, 0.15) is 26.5 Å². The second-order valence-corrected chi connectivity index (χ2v) is 6.58. The zero-order valence-corrected chi connectivity index (χ0v) is 14.5. The van der Waals surface area contributed by atoms with Crippen LogP contribution in [0.4, 0.5) is 19.3 Å². The standard InChI is InChI=1S/C17H17ClF2N2O2/c1-9-13(11(18)7-8-21-9)10-5-6-12(15(20)14(10)19)22-16(23)24-17(2,3)4/h5-8H,1-4H3,(H,22,23). The molecular formula is C17H17ClF2N2O2. The molecular weight excluding hydrogens is 338 g/mol. The molecule has 0 bridgehead atoms. The van der Waals surface area contributed by atoms with Gasteiger partial charge in [0, 0.05) is 23.0 Å².